The lowest BCUT2D eigenvalue weighted by Crippen LogP contribution is -2.35. The van der Waals surface area contributed by atoms with E-state index in [4.69, 9.17) is 0 Å². The lowest BCUT2D eigenvalue weighted by Gasteiger charge is -2.26. The van der Waals surface area contributed by atoms with E-state index in [1.807, 2.05) is 6.92 Å². The van der Waals surface area contributed by atoms with E-state index in [0.29, 0.717) is 11.1 Å². The van der Waals surface area contributed by atoms with Gasteiger partial charge in [0.2, 0.25) is 0 Å². The molecule has 1 fully saturated rings. The summed E-state index contributed by atoms with van der Waals surface area (Å²) in [5, 5.41) is 31.6. The van der Waals surface area contributed by atoms with Crippen molar-refractivity contribution in [2.45, 2.75) is 26.0 Å². The second-order valence-corrected chi connectivity index (χ2v) is 7.02. The van der Waals surface area contributed by atoms with E-state index in [2.05, 4.69) is 0 Å². The average molecular weight is 396 g/mol. The zero-order chi connectivity index (χ0) is 21.3. The van der Waals surface area contributed by atoms with Gasteiger partial charge in [-0.3, -0.25) is 19.7 Å². The Morgan fingerprint density at radius 2 is 1.72 bits per heavy atom. The van der Waals surface area contributed by atoms with Crippen LogP contribution in [-0.4, -0.2) is 44.4 Å². The van der Waals surface area contributed by atoms with Crippen molar-refractivity contribution < 1.29 is 24.7 Å². The molecule has 1 amide bonds. The molecular formula is C21H20N2O6. The van der Waals surface area contributed by atoms with Gasteiger partial charge >= 0.3 is 0 Å². The van der Waals surface area contributed by atoms with E-state index < -0.39 is 28.8 Å². The predicted molar refractivity (Wildman–Crippen MR) is 105 cm³/mol. The van der Waals surface area contributed by atoms with E-state index in [0.717, 1.165) is 5.56 Å². The molecule has 2 atom stereocenters. The number of hydrogen-bond donors (Lipinski definition) is 2. The molecule has 0 bridgehead atoms. The first kappa shape index (κ1) is 20.2. The summed E-state index contributed by atoms with van der Waals surface area (Å²) in [6.45, 7) is 3.23. The molecule has 2 unspecified atom stereocenters. The topological polar surface area (TPSA) is 121 Å². The summed E-state index contributed by atoms with van der Waals surface area (Å²) >= 11 is 0. The smallest absolute Gasteiger partial charge is 0.295 e. The Kier molecular flexibility index (Phi) is 5.47. The van der Waals surface area contributed by atoms with Crippen molar-refractivity contribution in [2.75, 3.05) is 6.54 Å². The number of rotatable bonds is 5. The van der Waals surface area contributed by atoms with Crippen molar-refractivity contribution in [3.8, 4) is 0 Å². The minimum Gasteiger partial charge on any atom is -0.507 e. The number of aryl methyl sites for hydroxylation is 1. The molecule has 8 nitrogen and oxygen atoms in total. The number of amides is 1. The SMILES string of the molecule is Cc1ccc(/C(O)=C2\C(=O)C(=O)N(CC(C)O)C2c2ccc([N+](=O)[O-])cc2)cc1. The number of hydrogen-bond acceptors (Lipinski definition) is 6. The van der Waals surface area contributed by atoms with Crippen molar-refractivity contribution in [1.29, 1.82) is 0 Å². The van der Waals surface area contributed by atoms with Crippen LogP contribution in [0.5, 0.6) is 0 Å². The van der Waals surface area contributed by atoms with E-state index in [9.17, 15) is 29.9 Å². The minimum absolute atomic E-state index is 0.117. The van der Waals surface area contributed by atoms with E-state index in [1.165, 1.54) is 36.1 Å². The number of β-amino-alcohol motifs (C(OH)–C–C–N with tert-alkyl or cyclic N) is 1. The Bertz CT molecular complexity index is 993. The second kappa shape index (κ2) is 7.84. The summed E-state index contributed by atoms with van der Waals surface area (Å²) in [4.78, 5) is 36.9. The van der Waals surface area contributed by atoms with Gasteiger partial charge in [0.25, 0.3) is 17.4 Å². The fourth-order valence-corrected chi connectivity index (χ4v) is 3.34. The molecule has 1 aliphatic rings. The van der Waals surface area contributed by atoms with Crippen molar-refractivity contribution in [2.24, 2.45) is 0 Å². The van der Waals surface area contributed by atoms with Crippen molar-refractivity contribution in [3.05, 3.63) is 80.9 Å². The number of non-ortho nitro benzene ring substituents is 1. The van der Waals surface area contributed by atoms with Gasteiger partial charge in [0.15, 0.2) is 0 Å². The van der Waals surface area contributed by atoms with Crippen molar-refractivity contribution >= 4 is 23.1 Å². The average Bonchev–Trinajstić information content (AvgIpc) is 2.92. The zero-order valence-electron chi connectivity index (χ0n) is 15.9. The molecule has 2 N–H and O–H groups in total. The highest BCUT2D eigenvalue weighted by Crippen LogP contribution is 2.39. The van der Waals surface area contributed by atoms with Crippen LogP contribution in [-0.2, 0) is 9.59 Å². The van der Waals surface area contributed by atoms with Crippen LogP contribution in [0.1, 0.15) is 29.7 Å². The van der Waals surface area contributed by atoms with Gasteiger partial charge in [-0.05, 0) is 31.5 Å². The fourth-order valence-electron chi connectivity index (χ4n) is 3.34. The highest BCUT2D eigenvalue weighted by Gasteiger charge is 2.46. The molecule has 0 aromatic heterocycles. The molecule has 0 aliphatic carbocycles. The predicted octanol–water partition coefficient (Wildman–Crippen LogP) is 2.71. The zero-order valence-corrected chi connectivity index (χ0v) is 15.9. The summed E-state index contributed by atoms with van der Waals surface area (Å²) in [5.74, 6) is -2.05. The highest BCUT2D eigenvalue weighted by atomic mass is 16.6. The van der Waals surface area contributed by atoms with Gasteiger partial charge in [-0.2, -0.15) is 0 Å². The third-order valence-corrected chi connectivity index (χ3v) is 4.75. The third kappa shape index (κ3) is 3.88. The minimum atomic E-state index is -0.966. The first-order valence-electron chi connectivity index (χ1n) is 8.98. The van der Waals surface area contributed by atoms with Crippen LogP contribution in [0.15, 0.2) is 54.1 Å². The van der Waals surface area contributed by atoms with Gasteiger partial charge in [-0.25, -0.2) is 0 Å². The van der Waals surface area contributed by atoms with E-state index in [-0.39, 0.29) is 23.6 Å². The van der Waals surface area contributed by atoms with Gasteiger partial charge in [0, 0.05) is 24.2 Å². The number of ketones is 1. The molecule has 2 aromatic carbocycles. The Labute approximate surface area is 166 Å². The molecule has 1 saturated heterocycles. The van der Waals surface area contributed by atoms with Crippen LogP contribution in [0, 0.1) is 17.0 Å². The standard InChI is InChI=1S/C21H20N2O6/c1-12-3-5-15(6-4-12)19(25)17-18(14-7-9-16(10-8-14)23(28)29)22(11-13(2)24)21(27)20(17)26/h3-10,13,18,24-25H,11H2,1-2H3/b19-17+. The fraction of sp³-hybridized carbons (Fsp3) is 0.238. The number of aliphatic hydroxyl groups is 2. The Hall–Kier alpha value is -3.52. The number of benzene rings is 2. The largest absolute Gasteiger partial charge is 0.507 e. The molecule has 0 saturated carbocycles. The number of nitro groups is 1. The number of nitro benzene ring substituents is 1. The number of likely N-dealkylation sites (tertiary alicyclic amines) is 1. The summed E-state index contributed by atoms with van der Waals surface area (Å²) < 4.78 is 0. The van der Waals surface area contributed by atoms with Crippen LogP contribution in [0.3, 0.4) is 0 Å². The molecule has 1 aliphatic heterocycles. The summed E-state index contributed by atoms with van der Waals surface area (Å²) in [5.41, 5.74) is 1.50. The number of carbonyl (C=O) groups excluding carboxylic acids is 2. The molecule has 29 heavy (non-hydrogen) atoms. The molecular weight excluding hydrogens is 376 g/mol. The summed E-state index contributed by atoms with van der Waals surface area (Å²) in [6, 6.07) is 11.3. The van der Waals surface area contributed by atoms with Crippen LogP contribution in [0.2, 0.25) is 0 Å². The molecule has 8 heteroatoms. The normalized spacial score (nSPS) is 19.4. The molecule has 2 aromatic rings. The molecule has 0 radical (unpaired) electrons. The first-order chi connectivity index (χ1) is 13.7. The third-order valence-electron chi connectivity index (χ3n) is 4.75. The molecule has 1 heterocycles. The van der Waals surface area contributed by atoms with Gasteiger partial charge in [0.05, 0.1) is 22.6 Å². The Morgan fingerprint density at radius 3 is 2.24 bits per heavy atom. The highest BCUT2D eigenvalue weighted by molar-refractivity contribution is 6.46. The second-order valence-electron chi connectivity index (χ2n) is 7.02. The summed E-state index contributed by atoms with van der Waals surface area (Å²) in [6.07, 6.45) is -0.909. The maximum absolute atomic E-state index is 12.7. The van der Waals surface area contributed by atoms with Crippen molar-refractivity contribution in [1.82, 2.24) is 4.90 Å². The summed E-state index contributed by atoms with van der Waals surface area (Å²) in [7, 11) is 0. The van der Waals surface area contributed by atoms with Gasteiger partial charge < -0.3 is 15.1 Å². The number of aliphatic hydroxyl groups excluding tert-OH is 2. The monoisotopic (exact) mass is 396 g/mol. The number of Topliss-reactive ketones (excluding diaryl/α,β-unsaturated/α-hetero) is 1. The van der Waals surface area contributed by atoms with Crippen molar-refractivity contribution in [3.63, 3.8) is 0 Å². The van der Waals surface area contributed by atoms with Crippen LogP contribution < -0.4 is 0 Å². The Morgan fingerprint density at radius 1 is 1.14 bits per heavy atom. The van der Waals surface area contributed by atoms with E-state index >= 15 is 0 Å². The molecule has 150 valence electrons. The van der Waals surface area contributed by atoms with Crippen LogP contribution in [0.4, 0.5) is 5.69 Å². The van der Waals surface area contributed by atoms with Gasteiger partial charge in [0.1, 0.15) is 5.76 Å². The van der Waals surface area contributed by atoms with Gasteiger partial charge in [-0.15, -0.1) is 0 Å². The quantitative estimate of drug-likeness (QED) is 0.264. The van der Waals surface area contributed by atoms with Crippen LogP contribution in [0.25, 0.3) is 5.76 Å². The lowest BCUT2D eigenvalue weighted by atomic mass is 9.95. The molecule has 0 spiro atoms. The van der Waals surface area contributed by atoms with Crippen LogP contribution >= 0.6 is 0 Å². The number of nitrogens with zero attached hydrogens (tertiary/aromatic N) is 2. The van der Waals surface area contributed by atoms with E-state index in [1.54, 1.807) is 24.3 Å². The van der Waals surface area contributed by atoms with Gasteiger partial charge in [-0.1, -0.05) is 29.8 Å². The lowest BCUT2D eigenvalue weighted by molar-refractivity contribution is -0.384. The maximum atomic E-state index is 12.7. The Balaban J connectivity index is 2.16. The maximum Gasteiger partial charge on any atom is 0.295 e. The molecule has 3 rings (SSSR count). The number of carbonyl (C=O) groups is 2. The first-order valence-corrected chi connectivity index (χ1v) is 8.98.